The molecule has 138 valence electrons. The SMILES string of the molecule is CCCc1cncnc1N1CCC(=O)N(Cc2ccccc2)C(CC)C1. The number of hydrogen-bond donors (Lipinski definition) is 0. The third kappa shape index (κ3) is 4.21. The molecule has 0 bridgehead atoms. The minimum Gasteiger partial charge on any atom is -0.354 e. The molecule has 0 radical (unpaired) electrons. The topological polar surface area (TPSA) is 49.3 Å². The second kappa shape index (κ2) is 8.79. The second-order valence-corrected chi connectivity index (χ2v) is 6.89. The van der Waals surface area contributed by atoms with Gasteiger partial charge in [0.1, 0.15) is 12.1 Å². The van der Waals surface area contributed by atoms with Crippen molar-refractivity contribution in [1.29, 1.82) is 0 Å². The van der Waals surface area contributed by atoms with Gasteiger partial charge in [-0.1, -0.05) is 50.6 Å². The molecule has 1 amide bonds. The van der Waals surface area contributed by atoms with Crippen molar-refractivity contribution >= 4 is 11.7 Å². The monoisotopic (exact) mass is 352 g/mol. The van der Waals surface area contributed by atoms with E-state index in [1.54, 1.807) is 6.33 Å². The molecule has 1 fully saturated rings. The fraction of sp³-hybridized carbons (Fsp3) is 0.476. The van der Waals surface area contributed by atoms with Crippen molar-refractivity contribution in [2.45, 2.75) is 52.1 Å². The third-order valence-corrected chi connectivity index (χ3v) is 5.04. The molecule has 3 rings (SSSR count). The van der Waals surface area contributed by atoms with Gasteiger partial charge in [-0.2, -0.15) is 0 Å². The van der Waals surface area contributed by atoms with E-state index >= 15 is 0 Å². The van der Waals surface area contributed by atoms with Crippen molar-refractivity contribution in [1.82, 2.24) is 14.9 Å². The third-order valence-electron chi connectivity index (χ3n) is 5.04. The predicted molar refractivity (Wildman–Crippen MR) is 104 cm³/mol. The van der Waals surface area contributed by atoms with Gasteiger partial charge >= 0.3 is 0 Å². The first-order chi connectivity index (χ1) is 12.7. The van der Waals surface area contributed by atoms with Gasteiger partial charge in [0.25, 0.3) is 0 Å². The van der Waals surface area contributed by atoms with Crippen LogP contribution in [0.5, 0.6) is 0 Å². The molecule has 5 heteroatoms. The van der Waals surface area contributed by atoms with Crippen LogP contribution >= 0.6 is 0 Å². The van der Waals surface area contributed by atoms with Gasteiger partial charge in [0.15, 0.2) is 0 Å². The average Bonchev–Trinajstić information content (AvgIpc) is 2.83. The van der Waals surface area contributed by atoms with Gasteiger partial charge < -0.3 is 9.80 Å². The Labute approximate surface area is 156 Å². The Morgan fingerprint density at radius 3 is 2.73 bits per heavy atom. The molecule has 1 aromatic carbocycles. The number of anilines is 1. The summed E-state index contributed by atoms with van der Waals surface area (Å²) >= 11 is 0. The van der Waals surface area contributed by atoms with Crippen LogP contribution in [-0.2, 0) is 17.8 Å². The molecule has 1 saturated heterocycles. The first-order valence-electron chi connectivity index (χ1n) is 9.60. The van der Waals surface area contributed by atoms with Crippen LogP contribution in [0.3, 0.4) is 0 Å². The van der Waals surface area contributed by atoms with Crippen molar-refractivity contribution in [2.24, 2.45) is 0 Å². The van der Waals surface area contributed by atoms with Gasteiger partial charge in [0, 0.05) is 43.9 Å². The van der Waals surface area contributed by atoms with Gasteiger partial charge in [0.05, 0.1) is 0 Å². The molecule has 2 aromatic rings. The van der Waals surface area contributed by atoms with Crippen molar-refractivity contribution in [3.8, 4) is 0 Å². The molecule has 1 aliphatic heterocycles. The van der Waals surface area contributed by atoms with E-state index in [4.69, 9.17) is 0 Å². The lowest BCUT2D eigenvalue weighted by Crippen LogP contribution is -2.42. The summed E-state index contributed by atoms with van der Waals surface area (Å²) in [4.78, 5) is 25.9. The van der Waals surface area contributed by atoms with Crippen LogP contribution in [0.4, 0.5) is 5.82 Å². The largest absolute Gasteiger partial charge is 0.354 e. The summed E-state index contributed by atoms with van der Waals surface area (Å²) in [5.74, 6) is 1.23. The molecule has 0 spiro atoms. The van der Waals surface area contributed by atoms with Gasteiger partial charge in [-0.15, -0.1) is 0 Å². The highest BCUT2D eigenvalue weighted by atomic mass is 16.2. The fourth-order valence-electron chi connectivity index (χ4n) is 3.64. The molecule has 5 nitrogen and oxygen atoms in total. The lowest BCUT2D eigenvalue weighted by atomic mass is 10.1. The number of aromatic nitrogens is 2. The van der Waals surface area contributed by atoms with Gasteiger partial charge in [-0.05, 0) is 18.4 Å². The predicted octanol–water partition coefficient (Wildman–Crippen LogP) is 3.45. The molecule has 0 aliphatic carbocycles. The standard InChI is InChI=1S/C21H28N4O/c1-3-8-18-13-22-16-23-21(18)24-12-11-20(26)25(19(4-2)15-24)14-17-9-6-5-7-10-17/h5-7,9-10,13,16,19H,3-4,8,11-12,14-15H2,1-2H3. The number of rotatable bonds is 6. The van der Waals surface area contributed by atoms with Gasteiger partial charge in [-0.3, -0.25) is 4.79 Å². The molecule has 1 aromatic heterocycles. The molecule has 1 unspecified atom stereocenters. The smallest absolute Gasteiger partial charge is 0.224 e. The summed E-state index contributed by atoms with van der Waals surface area (Å²) in [5.41, 5.74) is 2.36. The number of aryl methyl sites for hydroxylation is 1. The maximum atomic E-state index is 12.8. The number of carbonyl (C=O) groups excluding carboxylic acids is 1. The molecular weight excluding hydrogens is 324 g/mol. The summed E-state index contributed by atoms with van der Waals surface area (Å²) < 4.78 is 0. The van der Waals surface area contributed by atoms with Gasteiger partial charge in [0.2, 0.25) is 5.91 Å². The summed E-state index contributed by atoms with van der Waals surface area (Å²) in [7, 11) is 0. The Bertz CT molecular complexity index is 719. The highest BCUT2D eigenvalue weighted by Crippen LogP contribution is 2.24. The summed E-state index contributed by atoms with van der Waals surface area (Å²) in [5, 5.41) is 0. The van der Waals surface area contributed by atoms with Crippen LogP contribution in [0.1, 0.15) is 44.2 Å². The molecule has 1 atom stereocenters. The zero-order valence-corrected chi connectivity index (χ0v) is 15.8. The summed E-state index contributed by atoms with van der Waals surface area (Å²) in [6.45, 7) is 6.54. The van der Waals surface area contributed by atoms with E-state index in [2.05, 4.69) is 45.7 Å². The number of amides is 1. The Hall–Kier alpha value is -2.43. The number of nitrogens with zero attached hydrogens (tertiary/aromatic N) is 4. The molecular formula is C21H28N4O. The van der Waals surface area contributed by atoms with Crippen molar-refractivity contribution < 1.29 is 4.79 Å². The van der Waals surface area contributed by atoms with Crippen LogP contribution in [0.2, 0.25) is 0 Å². The number of carbonyl (C=O) groups is 1. The van der Waals surface area contributed by atoms with E-state index in [-0.39, 0.29) is 11.9 Å². The summed E-state index contributed by atoms with van der Waals surface area (Å²) in [6, 6.07) is 10.4. The minimum atomic E-state index is 0.189. The van der Waals surface area contributed by atoms with Crippen LogP contribution in [0.25, 0.3) is 0 Å². The van der Waals surface area contributed by atoms with Crippen molar-refractivity contribution in [3.63, 3.8) is 0 Å². The van der Waals surface area contributed by atoms with Gasteiger partial charge in [-0.25, -0.2) is 9.97 Å². The second-order valence-electron chi connectivity index (χ2n) is 6.89. The minimum absolute atomic E-state index is 0.189. The molecule has 26 heavy (non-hydrogen) atoms. The Balaban J connectivity index is 1.82. The van der Waals surface area contributed by atoms with E-state index < -0.39 is 0 Å². The maximum absolute atomic E-state index is 12.8. The van der Waals surface area contributed by atoms with E-state index in [0.29, 0.717) is 19.5 Å². The zero-order valence-electron chi connectivity index (χ0n) is 15.8. The van der Waals surface area contributed by atoms with E-state index in [1.165, 1.54) is 11.1 Å². The Morgan fingerprint density at radius 2 is 2.00 bits per heavy atom. The highest BCUT2D eigenvalue weighted by molar-refractivity contribution is 5.78. The molecule has 0 N–H and O–H groups in total. The summed E-state index contributed by atoms with van der Waals surface area (Å²) in [6.07, 6.45) is 7.02. The van der Waals surface area contributed by atoms with Crippen LogP contribution in [0, 0.1) is 0 Å². The molecule has 1 aliphatic rings. The average molecular weight is 352 g/mol. The highest BCUT2D eigenvalue weighted by Gasteiger charge is 2.29. The Kier molecular flexibility index (Phi) is 6.21. The quantitative estimate of drug-likeness (QED) is 0.799. The zero-order chi connectivity index (χ0) is 18.4. The first-order valence-corrected chi connectivity index (χ1v) is 9.60. The lowest BCUT2D eigenvalue weighted by molar-refractivity contribution is -0.133. The van der Waals surface area contributed by atoms with E-state index in [0.717, 1.165) is 31.6 Å². The van der Waals surface area contributed by atoms with Crippen LogP contribution in [-0.4, -0.2) is 39.9 Å². The first kappa shape index (κ1) is 18.4. The Morgan fingerprint density at radius 1 is 1.19 bits per heavy atom. The van der Waals surface area contributed by atoms with E-state index in [9.17, 15) is 4.79 Å². The van der Waals surface area contributed by atoms with Crippen LogP contribution < -0.4 is 4.90 Å². The van der Waals surface area contributed by atoms with E-state index in [1.807, 2.05) is 24.4 Å². The number of benzene rings is 1. The fourth-order valence-corrected chi connectivity index (χ4v) is 3.64. The van der Waals surface area contributed by atoms with Crippen molar-refractivity contribution in [3.05, 3.63) is 54.0 Å². The van der Waals surface area contributed by atoms with Crippen LogP contribution in [0.15, 0.2) is 42.9 Å². The lowest BCUT2D eigenvalue weighted by Gasteiger charge is -2.32. The molecule has 2 heterocycles. The maximum Gasteiger partial charge on any atom is 0.224 e. The number of hydrogen-bond acceptors (Lipinski definition) is 4. The van der Waals surface area contributed by atoms with Crippen molar-refractivity contribution in [2.75, 3.05) is 18.0 Å². The normalized spacial score (nSPS) is 18.1. The molecule has 0 saturated carbocycles.